The molecule has 10 rings (SSSR count). The number of amides is 1. The van der Waals surface area contributed by atoms with Gasteiger partial charge >= 0.3 is 5.97 Å². The maximum absolute atomic E-state index is 13.2. The minimum Gasteiger partial charge on any atom is -0.486 e. The zero-order valence-electron chi connectivity index (χ0n) is 40.8. The fourth-order valence-corrected chi connectivity index (χ4v) is 9.06. The van der Waals surface area contributed by atoms with Gasteiger partial charge in [0.1, 0.15) is 44.2 Å². The Bertz CT molecular complexity index is 2990. The van der Waals surface area contributed by atoms with Gasteiger partial charge in [-0.25, -0.2) is 13.6 Å². The number of hydrogen-bond acceptors (Lipinski definition) is 13. The molecule has 4 atom stereocenters. The summed E-state index contributed by atoms with van der Waals surface area (Å²) in [5.74, 6) is -2.64. The molecule has 0 unspecified atom stereocenters. The van der Waals surface area contributed by atoms with E-state index in [9.17, 15) is 38.2 Å². The zero-order chi connectivity index (χ0) is 53.2. The second kappa shape index (κ2) is 26.7. The van der Waals surface area contributed by atoms with E-state index in [1.807, 2.05) is 0 Å². The number of nitrogens with zero attached hydrogens (tertiary/aromatic N) is 2. The van der Waals surface area contributed by atoms with Crippen molar-refractivity contribution in [3.8, 4) is 45.3 Å². The summed E-state index contributed by atoms with van der Waals surface area (Å²) in [4.78, 5) is 51.9. The first kappa shape index (κ1) is 57.4. The van der Waals surface area contributed by atoms with Gasteiger partial charge in [-0.15, -0.1) is 0 Å². The van der Waals surface area contributed by atoms with Gasteiger partial charge in [-0.1, -0.05) is 96.0 Å². The van der Waals surface area contributed by atoms with Crippen LogP contribution in [-0.2, 0) is 30.7 Å². The van der Waals surface area contributed by atoms with Crippen LogP contribution in [0.4, 0.5) is 8.78 Å². The molecule has 0 bridgehead atoms. The number of carbonyl (C=O) groups is 4. The van der Waals surface area contributed by atoms with E-state index in [0.29, 0.717) is 83.7 Å². The Morgan fingerprint density at radius 1 is 0.566 bits per heavy atom. The molecule has 0 spiro atoms. The third-order valence-corrected chi connectivity index (χ3v) is 13.5. The predicted molar refractivity (Wildman–Crippen MR) is 277 cm³/mol. The number of ether oxygens (including phenoxy) is 4. The van der Waals surface area contributed by atoms with Crippen LogP contribution in [0.3, 0.4) is 0 Å². The normalized spacial score (nSPS) is 15.9. The maximum atomic E-state index is 13.2. The SMILES string of the molecule is N[C@H](CN1CCC1)[C@H](O)c1cc(Cl)c2c(c1)OCCO2.O=C(N[C@H](CN1CCC1)[C@H](O)c1cc(Cl)c2c(c1)OCCO2)C(=O)c1ccc(-c2ccc(F)cc2)cc1.O=C(O)C(=O)c1ccc(-c2ccc(F)cc2)cc1.[W]. The molecule has 6 N–H and O–H groups in total. The molecule has 0 saturated carbocycles. The van der Waals surface area contributed by atoms with E-state index in [1.54, 1.807) is 84.9 Å². The molecular formula is C56H54Cl2F2N4O11W. The van der Waals surface area contributed by atoms with Crippen molar-refractivity contribution in [3.05, 3.63) is 165 Å². The molecule has 20 heteroatoms. The molecule has 398 valence electrons. The minimum absolute atomic E-state index is 0. The van der Waals surface area contributed by atoms with Crippen molar-refractivity contribution in [1.82, 2.24) is 15.1 Å². The number of likely N-dealkylation sites (tertiary alicyclic amines) is 2. The molecule has 4 aliphatic heterocycles. The van der Waals surface area contributed by atoms with Crippen molar-refractivity contribution in [3.63, 3.8) is 0 Å². The predicted octanol–water partition coefficient (Wildman–Crippen LogP) is 7.96. The molecule has 6 aromatic rings. The average Bonchev–Trinajstić information content (AvgIpc) is 3.40. The maximum Gasteiger partial charge on any atom is 0.377 e. The summed E-state index contributed by atoms with van der Waals surface area (Å²) in [6.45, 7) is 6.60. The van der Waals surface area contributed by atoms with Crippen molar-refractivity contribution in [2.45, 2.75) is 37.1 Å². The number of hydrogen-bond donors (Lipinski definition) is 5. The number of Topliss-reactive ketones (excluding diaryl/α,β-unsaturated/α-hetero) is 2. The van der Waals surface area contributed by atoms with E-state index in [1.165, 1.54) is 42.8 Å². The van der Waals surface area contributed by atoms with E-state index in [4.69, 9.17) is 53.0 Å². The number of nitrogens with one attached hydrogen (secondary N) is 1. The van der Waals surface area contributed by atoms with Crippen LogP contribution >= 0.6 is 23.2 Å². The number of benzene rings is 6. The van der Waals surface area contributed by atoms with Gasteiger partial charge in [-0.05, 0) is 121 Å². The monoisotopic (exact) mass is 1250 g/mol. The fourth-order valence-electron chi connectivity index (χ4n) is 8.51. The second-order valence-electron chi connectivity index (χ2n) is 18.1. The van der Waals surface area contributed by atoms with Crippen molar-refractivity contribution in [2.75, 3.05) is 65.7 Å². The molecule has 0 aliphatic carbocycles. The number of aliphatic hydroxyl groups is 2. The number of nitrogens with two attached hydrogens (primary N) is 1. The van der Waals surface area contributed by atoms with Crippen molar-refractivity contribution < 1.29 is 83.3 Å². The van der Waals surface area contributed by atoms with Gasteiger partial charge in [0, 0.05) is 51.3 Å². The molecule has 15 nitrogen and oxygen atoms in total. The summed E-state index contributed by atoms with van der Waals surface area (Å²) in [5.41, 5.74) is 10.7. The van der Waals surface area contributed by atoms with E-state index >= 15 is 0 Å². The van der Waals surface area contributed by atoms with Gasteiger partial charge in [0.25, 0.3) is 11.7 Å². The van der Waals surface area contributed by atoms with Crippen LogP contribution in [-0.4, -0.2) is 126 Å². The number of carboxylic acid groups (broad SMARTS) is 1. The molecule has 4 aliphatic rings. The Balaban J connectivity index is 0.000000182. The van der Waals surface area contributed by atoms with Crippen LogP contribution in [0.15, 0.2) is 121 Å². The molecule has 0 radical (unpaired) electrons. The molecular weight excluding hydrogens is 1200 g/mol. The summed E-state index contributed by atoms with van der Waals surface area (Å²) < 4.78 is 48.1. The molecule has 2 saturated heterocycles. The van der Waals surface area contributed by atoms with Crippen LogP contribution in [0, 0.1) is 11.6 Å². The Morgan fingerprint density at radius 2 is 0.947 bits per heavy atom. The van der Waals surface area contributed by atoms with Gasteiger partial charge in [0.2, 0.25) is 5.78 Å². The van der Waals surface area contributed by atoms with Crippen molar-refractivity contribution >= 4 is 46.6 Å². The molecule has 0 aromatic heterocycles. The number of carbonyl (C=O) groups excluding carboxylic acids is 3. The summed E-state index contributed by atoms with van der Waals surface area (Å²) in [6.07, 6.45) is 0.348. The number of fused-ring (bicyclic) bond motifs is 2. The number of aliphatic carboxylic acids is 1. The summed E-state index contributed by atoms with van der Waals surface area (Å²) >= 11 is 12.5. The summed E-state index contributed by atoms with van der Waals surface area (Å²) in [6, 6.07) is 30.2. The Kier molecular flexibility index (Phi) is 20.2. The zero-order valence-corrected chi connectivity index (χ0v) is 45.3. The second-order valence-corrected chi connectivity index (χ2v) is 18.9. The van der Waals surface area contributed by atoms with E-state index in [2.05, 4.69) is 15.1 Å². The van der Waals surface area contributed by atoms with Crippen molar-refractivity contribution in [1.29, 1.82) is 0 Å². The Hall–Kier alpha value is -6.27. The van der Waals surface area contributed by atoms with E-state index < -0.39 is 41.7 Å². The first-order valence-electron chi connectivity index (χ1n) is 24.2. The Labute approximate surface area is 461 Å². The standard InChI is InChI=1S/C28H26ClFN2O5.C14H19ClN2O3.C14H9FO3.W/c29-22-14-20(15-24-27(22)37-13-12-36-24)25(33)23(16-32-10-1-11-32)31-28(35)26(34)19-4-2-17(3-5-19)18-6-8-21(30)9-7-18;15-10-6-9(7-12-14(10)20-5-4-19-12)13(18)11(16)8-17-2-1-3-17;15-12-7-5-10(6-8-12)9-1-3-11(4-2-9)13(16)14(17)18;/h2-9,14-15,23,25,33H,1,10-13,16H2,(H,31,35);6-7,11,13,18H,1-5,8,16H2;1-8H,(H,17,18);/t23-,25-;11-,13-;;/m11../s1. The molecule has 76 heavy (non-hydrogen) atoms. The Morgan fingerprint density at radius 3 is 1.36 bits per heavy atom. The van der Waals surface area contributed by atoms with Gasteiger partial charge in [0.15, 0.2) is 23.0 Å². The van der Waals surface area contributed by atoms with Gasteiger partial charge < -0.3 is 55.1 Å². The van der Waals surface area contributed by atoms with Gasteiger partial charge in [-0.2, -0.15) is 0 Å². The third kappa shape index (κ3) is 14.6. The first-order chi connectivity index (χ1) is 36.1. The van der Waals surface area contributed by atoms with Crippen LogP contribution in [0.5, 0.6) is 23.0 Å². The number of aliphatic hydroxyl groups excluding tert-OH is 2. The van der Waals surface area contributed by atoms with E-state index in [-0.39, 0.29) is 49.9 Å². The number of carboxylic acids is 1. The van der Waals surface area contributed by atoms with Crippen LogP contribution in [0.1, 0.15) is 56.9 Å². The number of halogens is 4. The molecule has 1 amide bonds. The third-order valence-electron chi connectivity index (χ3n) is 12.9. The van der Waals surface area contributed by atoms with Crippen LogP contribution in [0.2, 0.25) is 10.0 Å². The average molecular weight is 1250 g/mol. The smallest absolute Gasteiger partial charge is 0.377 e. The first-order valence-corrected chi connectivity index (χ1v) is 25.0. The quantitative estimate of drug-likeness (QED) is 0.0488. The number of rotatable bonds is 15. The van der Waals surface area contributed by atoms with Crippen LogP contribution < -0.4 is 30.0 Å². The van der Waals surface area contributed by atoms with Crippen molar-refractivity contribution in [2.24, 2.45) is 5.73 Å². The topological polar surface area (TPSA) is 210 Å². The van der Waals surface area contributed by atoms with E-state index in [0.717, 1.165) is 54.9 Å². The molecule has 2 fully saturated rings. The molecule has 4 heterocycles. The minimum atomic E-state index is -1.48. The molecule has 6 aromatic carbocycles. The largest absolute Gasteiger partial charge is 0.486 e. The summed E-state index contributed by atoms with van der Waals surface area (Å²) in [5, 5.41) is 33.6. The van der Waals surface area contributed by atoms with Gasteiger partial charge in [0.05, 0.1) is 22.2 Å². The fraction of sp³-hybridized carbons (Fsp3) is 0.286. The van der Waals surface area contributed by atoms with Gasteiger partial charge in [-0.3, -0.25) is 14.4 Å². The van der Waals surface area contributed by atoms with Crippen LogP contribution in [0.25, 0.3) is 22.3 Å². The number of ketones is 2. The summed E-state index contributed by atoms with van der Waals surface area (Å²) in [7, 11) is 0.